The molecule has 0 aliphatic rings. The number of phenols is 1. The lowest BCUT2D eigenvalue weighted by Crippen LogP contribution is -1.80. The van der Waals surface area contributed by atoms with Crippen LogP contribution in [-0.2, 0) is 0 Å². The maximum Gasteiger partial charge on any atom is 0.139 e. The van der Waals surface area contributed by atoms with E-state index in [-0.39, 0.29) is 5.75 Å². The number of phenolic OH excluding ortho intramolecular Hbond substituents is 1. The average molecular weight is 254 g/mol. The summed E-state index contributed by atoms with van der Waals surface area (Å²) < 4.78 is 6.50. The molecule has 3 heteroatoms. The van der Waals surface area contributed by atoms with E-state index in [1.54, 1.807) is 18.2 Å². The van der Waals surface area contributed by atoms with Gasteiger partial charge in [-0.1, -0.05) is 42.5 Å². The Morgan fingerprint density at radius 2 is 1.72 bits per heavy atom. The SMILES string of the molecule is Oc1ccc2c(=S)cc(-c3ccccc3)oc2c1. The molecule has 0 atom stereocenters. The average Bonchev–Trinajstić information content (AvgIpc) is 2.39. The minimum Gasteiger partial charge on any atom is -0.508 e. The molecule has 88 valence electrons. The summed E-state index contributed by atoms with van der Waals surface area (Å²) in [5.74, 6) is 0.879. The van der Waals surface area contributed by atoms with Crippen molar-refractivity contribution < 1.29 is 9.52 Å². The van der Waals surface area contributed by atoms with Crippen LogP contribution in [0.25, 0.3) is 22.3 Å². The van der Waals surface area contributed by atoms with Crippen LogP contribution in [0.5, 0.6) is 5.75 Å². The van der Waals surface area contributed by atoms with Crippen molar-refractivity contribution in [3.63, 3.8) is 0 Å². The Hall–Kier alpha value is -2.13. The molecular formula is C15H10O2S. The van der Waals surface area contributed by atoms with E-state index in [1.807, 2.05) is 36.4 Å². The first kappa shape index (κ1) is 11.0. The number of benzene rings is 2. The fourth-order valence-corrected chi connectivity index (χ4v) is 2.16. The molecule has 0 saturated heterocycles. The van der Waals surface area contributed by atoms with Gasteiger partial charge in [0.25, 0.3) is 0 Å². The van der Waals surface area contributed by atoms with Gasteiger partial charge in [-0.25, -0.2) is 0 Å². The van der Waals surface area contributed by atoms with Crippen LogP contribution < -0.4 is 0 Å². The molecule has 0 aliphatic heterocycles. The second kappa shape index (κ2) is 4.27. The Morgan fingerprint density at radius 1 is 0.944 bits per heavy atom. The molecule has 3 aromatic rings. The van der Waals surface area contributed by atoms with Crippen molar-refractivity contribution in [1.82, 2.24) is 0 Å². The predicted molar refractivity (Wildman–Crippen MR) is 74.1 cm³/mol. The van der Waals surface area contributed by atoms with Gasteiger partial charge in [-0.3, -0.25) is 0 Å². The van der Waals surface area contributed by atoms with Crippen LogP contribution in [-0.4, -0.2) is 5.11 Å². The van der Waals surface area contributed by atoms with Crippen molar-refractivity contribution in [2.24, 2.45) is 0 Å². The van der Waals surface area contributed by atoms with Gasteiger partial charge in [-0.05, 0) is 12.1 Å². The Labute approximate surface area is 109 Å². The second-order valence-corrected chi connectivity index (χ2v) is 4.46. The summed E-state index contributed by atoms with van der Waals surface area (Å²) in [5.41, 5.74) is 1.56. The minimum absolute atomic E-state index is 0.172. The van der Waals surface area contributed by atoms with E-state index in [4.69, 9.17) is 16.6 Å². The number of hydrogen-bond donors (Lipinski definition) is 1. The van der Waals surface area contributed by atoms with Crippen LogP contribution in [0.2, 0.25) is 0 Å². The molecule has 1 N–H and O–H groups in total. The van der Waals surface area contributed by atoms with Gasteiger partial charge < -0.3 is 9.52 Å². The van der Waals surface area contributed by atoms with Gasteiger partial charge in [0, 0.05) is 23.1 Å². The molecule has 0 aliphatic carbocycles. The van der Waals surface area contributed by atoms with Gasteiger partial charge in [-0.15, -0.1) is 0 Å². The third-order valence-corrected chi connectivity index (χ3v) is 3.11. The highest BCUT2D eigenvalue weighted by atomic mass is 32.1. The lowest BCUT2D eigenvalue weighted by atomic mass is 10.1. The lowest BCUT2D eigenvalue weighted by molar-refractivity contribution is 0.474. The predicted octanol–water partition coefficient (Wildman–Crippen LogP) is 4.53. The highest BCUT2D eigenvalue weighted by Gasteiger charge is 2.05. The first-order valence-electron chi connectivity index (χ1n) is 5.56. The normalized spacial score (nSPS) is 10.7. The third kappa shape index (κ3) is 1.89. The molecule has 0 amide bonds. The van der Waals surface area contributed by atoms with E-state index in [9.17, 15) is 5.11 Å². The maximum absolute atomic E-state index is 9.49. The molecule has 0 unspecified atom stereocenters. The molecule has 0 bridgehead atoms. The largest absolute Gasteiger partial charge is 0.508 e. The quantitative estimate of drug-likeness (QED) is 0.647. The first-order chi connectivity index (χ1) is 8.74. The van der Waals surface area contributed by atoms with Gasteiger partial charge in [-0.2, -0.15) is 0 Å². The van der Waals surface area contributed by atoms with Crippen molar-refractivity contribution in [2.75, 3.05) is 0 Å². The fourth-order valence-electron chi connectivity index (χ4n) is 1.89. The van der Waals surface area contributed by atoms with Crippen LogP contribution in [0.15, 0.2) is 59.0 Å². The van der Waals surface area contributed by atoms with Gasteiger partial charge >= 0.3 is 0 Å². The molecule has 1 aromatic heterocycles. The molecular weight excluding hydrogens is 244 g/mol. The molecule has 0 spiro atoms. The first-order valence-corrected chi connectivity index (χ1v) is 5.97. The van der Waals surface area contributed by atoms with E-state index in [2.05, 4.69) is 0 Å². The van der Waals surface area contributed by atoms with Crippen LogP contribution in [0.1, 0.15) is 0 Å². The topological polar surface area (TPSA) is 33.4 Å². The zero-order chi connectivity index (χ0) is 12.5. The summed E-state index contributed by atoms with van der Waals surface area (Å²) in [6, 6.07) is 16.6. The van der Waals surface area contributed by atoms with Crippen molar-refractivity contribution in [1.29, 1.82) is 0 Å². The Balaban J connectivity index is 2.30. The Bertz CT molecular complexity index is 760. The Kier molecular flexibility index (Phi) is 2.61. The summed E-state index contributed by atoms with van der Waals surface area (Å²) >= 11 is 5.34. The van der Waals surface area contributed by atoms with Crippen molar-refractivity contribution in [3.8, 4) is 17.1 Å². The maximum atomic E-state index is 9.49. The van der Waals surface area contributed by atoms with Crippen LogP contribution >= 0.6 is 12.2 Å². The Morgan fingerprint density at radius 3 is 2.50 bits per heavy atom. The van der Waals surface area contributed by atoms with Gasteiger partial charge in [0.05, 0.1) is 4.51 Å². The lowest BCUT2D eigenvalue weighted by Gasteiger charge is -2.04. The van der Waals surface area contributed by atoms with Crippen LogP contribution in [0.3, 0.4) is 0 Å². The molecule has 0 saturated carbocycles. The van der Waals surface area contributed by atoms with Crippen molar-refractivity contribution >= 4 is 23.2 Å². The van der Waals surface area contributed by atoms with E-state index in [0.29, 0.717) is 11.3 Å². The van der Waals surface area contributed by atoms with E-state index in [1.165, 1.54) is 0 Å². The van der Waals surface area contributed by atoms with Gasteiger partial charge in [0.15, 0.2) is 0 Å². The van der Waals surface area contributed by atoms with Gasteiger partial charge in [0.1, 0.15) is 17.1 Å². The van der Waals surface area contributed by atoms with Crippen LogP contribution in [0, 0.1) is 4.51 Å². The summed E-state index contributed by atoms with van der Waals surface area (Å²) in [5, 5.41) is 10.3. The molecule has 2 nitrogen and oxygen atoms in total. The second-order valence-electron chi connectivity index (χ2n) is 4.02. The number of aromatic hydroxyl groups is 1. The molecule has 18 heavy (non-hydrogen) atoms. The van der Waals surface area contributed by atoms with E-state index >= 15 is 0 Å². The fraction of sp³-hybridized carbons (Fsp3) is 0. The molecule has 1 heterocycles. The highest BCUT2D eigenvalue weighted by Crippen LogP contribution is 2.27. The summed E-state index contributed by atoms with van der Waals surface area (Å²) in [7, 11) is 0. The molecule has 2 aromatic carbocycles. The molecule has 3 rings (SSSR count). The summed E-state index contributed by atoms with van der Waals surface area (Å²) in [6.07, 6.45) is 0. The number of fused-ring (bicyclic) bond motifs is 1. The monoisotopic (exact) mass is 254 g/mol. The van der Waals surface area contributed by atoms with Crippen LogP contribution in [0.4, 0.5) is 0 Å². The standard InChI is InChI=1S/C15H10O2S/c16-11-6-7-12-14(8-11)17-13(9-15(12)18)10-4-2-1-3-5-10/h1-9,16H. The van der Waals surface area contributed by atoms with E-state index < -0.39 is 0 Å². The number of hydrogen-bond acceptors (Lipinski definition) is 3. The zero-order valence-corrected chi connectivity index (χ0v) is 10.3. The molecule has 0 fully saturated rings. The zero-order valence-electron chi connectivity index (χ0n) is 9.46. The minimum atomic E-state index is 0.172. The third-order valence-electron chi connectivity index (χ3n) is 2.77. The summed E-state index contributed by atoms with van der Waals surface area (Å²) in [4.78, 5) is 0. The van der Waals surface area contributed by atoms with Crippen molar-refractivity contribution in [2.45, 2.75) is 0 Å². The number of rotatable bonds is 1. The highest BCUT2D eigenvalue weighted by molar-refractivity contribution is 7.71. The van der Waals surface area contributed by atoms with Crippen molar-refractivity contribution in [3.05, 3.63) is 59.1 Å². The smallest absolute Gasteiger partial charge is 0.139 e. The van der Waals surface area contributed by atoms with E-state index in [0.717, 1.165) is 15.5 Å². The molecule has 0 radical (unpaired) electrons. The summed E-state index contributed by atoms with van der Waals surface area (Å²) in [6.45, 7) is 0. The van der Waals surface area contributed by atoms with Gasteiger partial charge in [0.2, 0.25) is 0 Å².